The molecule has 25 heavy (non-hydrogen) atoms. The van der Waals surface area contributed by atoms with Crippen molar-refractivity contribution in [2.45, 2.75) is 34.1 Å². The minimum atomic E-state index is 0.674. The second kappa shape index (κ2) is 9.43. The van der Waals surface area contributed by atoms with Crippen molar-refractivity contribution in [2.24, 2.45) is 4.99 Å². The van der Waals surface area contributed by atoms with Gasteiger partial charge in [0.2, 0.25) is 0 Å². The summed E-state index contributed by atoms with van der Waals surface area (Å²) in [6, 6.07) is 9.80. The molecule has 2 aromatic rings. The van der Waals surface area contributed by atoms with E-state index in [1.165, 1.54) is 0 Å². The lowest BCUT2D eigenvalue weighted by Crippen LogP contribution is -2.21. The molecule has 3 nitrogen and oxygen atoms in total. The van der Waals surface area contributed by atoms with Crippen LogP contribution in [0.2, 0.25) is 5.02 Å². The van der Waals surface area contributed by atoms with Gasteiger partial charge in [-0.15, -0.1) is 0 Å². The Balaban J connectivity index is 2.23. The highest BCUT2D eigenvalue weighted by Crippen LogP contribution is 2.33. The van der Waals surface area contributed by atoms with Gasteiger partial charge in [0.15, 0.2) is 0 Å². The molecule has 5 heteroatoms. The van der Waals surface area contributed by atoms with E-state index in [1.54, 1.807) is 0 Å². The quantitative estimate of drug-likeness (QED) is 0.254. The summed E-state index contributed by atoms with van der Waals surface area (Å²) in [6.07, 6.45) is 3.05. The molecule has 0 heterocycles. The SMILES string of the molecule is CCCN(C=Nc1cc(C)c(Oc2cc(Cl)cc(I)c2)cc1C)CC. The molecule has 0 aromatic heterocycles. The third kappa shape index (κ3) is 5.89. The Kier molecular flexibility index (Phi) is 7.56. The third-order valence-corrected chi connectivity index (χ3v) is 4.68. The summed E-state index contributed by atoms with van der Waals surface area (Å²) in [5.74, 6) is 1.58. The summed E-state index contributed by atoms with van der Waals surface area (Å²) in [5, 5.41) is 0.674. The molecule has 0 N–H and O–H groups in total. The van der Waals surface area contributed by atoms with E-state index in [1.807, 2.05) is 37.5 Å². The predicted octanol–water partition coefficient (Wildman–Crippen LogP) is 6.75. The van der Waals surface area contributed by atoms with Gasteiger partial charge in [-0.3, -0.25) is 0 Å². The number of aliphatic imine (C=N–C) groups is 1. The Hall–Kier alpha value is -1.27. The Morgan fingerprint density at radius 1 is 1.12 bits per heavy atom. The van der Waals surface area contributed by atoms with E-state index in [4.69, 9.17) is 16.3 Å². The Morgan fingerprint density at radius 3 is 2.52 bits per heavy atom. The monoisotopic (exact) mass is 470 g/mol. The van der Waals surface area contributed by atoms with Crippen LogP contribution in [0.3, 0.4) is 0 Å². The van der Waals surface area contributed by atoms with E-state index in [2.05, 4.69) is 59.3 Å². The minimum Gasteiger partial charge on any atom is -0.457 e. The highest BCUT2D eigenvalue weighted by Gasteiger charge is 2.08. The zero-order chi connectivity index (χ0) is 18.4. The van der Waals surface area contributed by atoms with Gasteiger partial charge in [0.05, 0.1) is 12.0 Å². The van der Waals surface area contributed by atoms with Crippen molar-refractivity contribution in [2.75, 3.05) is 13.1 Å². The van der Waals surface area contributed by atoms with Crippen LogP contribution < -0.4 is 4.74 Å². The molecule has 0 radical (unpaired) electrons. The molecule has 0 bridgehead atoms. The van der Waals surface area contributed by atoms with E-state index < -0.39 is 0 Å². The summed E-state index contributed by atoms with van der Waals surface area (Å²) >= 11 is 8.35. The van der Waals surface area contributed by atoms with Crippen LogP contribution in [0.15, 0.2) is 35.3 Å². The van der Waals surface area contributed by atoms with Crippen molar-refractivity contribution in [1.82, 2.24) is 4.90 Å². The molecule has 2 aromatic carbocycles. The van der Waals surface area contributed by atoms with Crippen molar-refractivity contribution in [3.05, 3.63) is 50.1 Å². The first kappa shape index (κ1) is 20.0. The molecule has 0 aliphatic rings. The van der Waals surface area contributed by atoms with Crippen LogP contribution in [-0.2, 0) is 0 Å². The highest BCUT2D eigenvalue weighted by molar-refractivity contribution is 14.1. The van der Waals surface area contributed by atoms with Crippen molar-refractivity contribution in [3.8, 4) is 11.5 Å². The van der Waals surface area contributed by atoms with Crippen LogP contribution in [0.4, 0.5) is 5.69 Å². The van der Waals surface area contributed by atoms with Gasteiger partial charge in [0.25, 0.3) is 0 Å². The maximum Gasteiger partial charge on any atom is 0.130 e. The Bertz CT molecular complexity index is 741. The molecular weight excluding hydrogens is 447 g/mol. The van der Waals surface area contributed by atoms with Gasteiger partial charge in [0, 0.05) is 21.7 Å². The number of benzene rings is 2. The summed E-state index contributed by atoms with van der Waals surface area (Å²) < 4.78 is 7.09. The maximum atomic E-state index is 6.11. The minimum absolute atomic E-state index is 0.674. The number of ether oxygens (including phenoxy) is 1. The largest absolute Gasteiger partial charge is 0.457 e. The lowest BCUT2D eigenvalue weighted by Gasteiger charge is -2.16. The molecule has 0 unspecified atom stereocenters. The summed E-state index contributed by atoms with van der Waals surface area (Å²) in [5.41, 5.74) is 3.10. The van der Waals surface area contributed by atoms with Gasteiger partial charge in [0.1, 0.15) is 11.5 Å². The first-order valence-electron chi connectivity index (χ1n) is 8.46. The van der Waals surface area contributed by atoms with Gasteiger partial charge >= 0.3 is 0 Å². The first-order valence-corrected chi connectivity index (χ1v) is 9.92. The molecule has 0 aliphatic carbocycles. The van der Waals surface area contributed by atoms with E-state index in [0.717, 1.165) is 51.4 Å². The highest BCUT2D eigenvalue weighted by atomic mass is 127. The Morgan fingerprint density at radius 2 is 1.88 bits per heavy atom. The zero-order valence-corrected chi connectivity index (χ0v) is 18.1. The maximum absolute atomic E-state index is 6.11. The van der Waals surface area contributed by atoms with Gasteiger partial charge in [-0.25, -0.2) is 4.99 Å². The second-order valence-electron chi connectivity index (χ2n) is 5.98. The number of halogens is 2. The predicted molar refractivity (Wildman–Crippen MR) is 116 cm³/mol. The fourth-order valence-electron chi connectivity index (χ4n) is 2.47. The smallest absolute Gasteiger partial charge is 0.130 e. The fourth-order valence-corrected chi connectivity index (χ4v) is 3.52. The number of hydrogen-bond donors (Lipinski definition) is 0. The standard InChI is InChI=1S/C20H24ClIN2O/c1-5-7-24(6-2)13-23-19-8-15(4)20(9-14(19)3)25-18-11-16(21)10-17(22)12-18/h8-13H,5-7H2,1-4H3. The zero-order valence-electron chi connectivity index (χ0n) is 15.1. The second-order valence-corrected chi connectivity index (χ2v) is 7.67. The molecule has 0 spiro atoms. The number of hydrogen-bond acceptors (Lipinski definition) is 2. The molecule has 0 saturated carbocycles. The number of nitrogens with zero attached hydrogens (tertiary/aromatic N) is 2. The van der Waals surface area contributed by atoms with E-state index in [-0.39, 0.29) is 0 Å². The molecule has 0 atom stereocenters. The summed E-state index contributed by atoms with van der Waals surface area (Å²) in [4.78, 5) is 6.87. The molecular formula is C20H24ClIN2O. The topological polar surface area (TPSA) is 24.8 Å². The van der Waals surface area contributed by atoms with E-state index in [9.17, 15) is 0 Å². The van der Waals surface area contributed by atoms with Crippen molar-refractivity contribution in [3.63, 3.8) is 0 Å². The molecule has 0 aliphatic heterocycles. The van der Waals surface area contributed by atoms with Crippen molar-refractivity contribution >= 4 is 46.2 Å². The lowest BCUT2D eigenvalue weighted by atomic mass is 10.1. The van der Waals surface area contributed by atoms with E-state index >= 15 is 0 Å². The van der Waals surface area contributed by atoms with Gasteiger partial charge in [-0.05, 0) is 91.2 Å². The van der Waals surface area contributed by atoms with Crippen LogP contribution >= 0.6 is 34.2 Å². The third-order valence-electron chi connectivity index (χ3n) is 3.83. The van der Waals surface area contributed by atoms with Crippen LogP contribution in [0.25, 0.3) is 0 Å². The summed E-state index contributed by atoms with van der Waals surface area (Å²) in [6.45, 7) is 10.4. The number of aryl methyl sites for hydroxylation is 2. The summed E-state index contributed by atoms with van der Waals surface area (Å²) in [7, 11) is 0. The molecule has 134 valence electrons. The van der Waals surface area contributed by atoms with Crippen molar-refractivity contribution < 1.29 is 4.74 Å². The first-order chi connectivity index (χ1) is 11.9. The molecule has 0 amide bonds. The average molecular weight is 471 g/mol. The van der Waals surface area contributed by atoms with Gasteiger partial charge in [-0.2, -0.15) is 0 Å². The van der Waals surface area contributed by atoms with Crippen LogP contribution in [-0.4, -0.2) is 24.3 Å². The van der Waals surface area contributed by atoms with E-state index in [0.29, 0.717) is 5.02 Å². The van der Waals surface area contributed by atoms with Crippen LogP contribution in [0, 0.1) is 17.4 Å². The lowest BCUT2D eigenvalue weighted by molar-refractivity contribution is 0.452. The molecule has 2 rings (SSSR count). The fraction of sp³-hybridized carbons (Fsp3) is 0.350. The Labute approximate surface area is 169 Å². The van der Waals surface area contributed by atoms with Crippen LogP contribution in [0.1, 0.15) is 31.4 Å². The number of rotatable bonds is 7. The van der Waals surface area contributed by atoms with Gasteiger partial charge < -0.3 is 9.64 Å². The normalized spacial score (nSPS) is 11.1. The average Bonchev–Trinajstić information content (AvgIpc) is 2.54. The van der Waals surface area contributed by atoms with Gasteiger partial charge in [-0.1, -0.05) is 18.5 Å². The molecule has 0 fully saturated rings. The van der Waals surface area contributed by atoms with Crippen molar-refractivity contribution in [1.29, 1.82) is 0 Å². The molecule has 0 saturated heterocycles. The van der Waals surface area contributed by atoms with Crippen LogP contribution in [0.5, 0.6) is 11.5 Å².